The van der Waals surface area contributed by atoms with Crippen molar-refractivity contribution in [3.05, 3.63) is 110 Å². The van der Waals surface area contributed by atoms with E-state index in [1.807, 2.05) is 61.5 Å². The fraction of sp³-hybridized carbons (Fsp3) is 0.0435. The predicted molar refractivity (Wildman–Crippen MR) is 113 cm³/mol. The average Bonchev–Trinajstić information content (AvgIpc) is 2.70. The third-order valence-corrected chi connectivity index (χ3v) is 2.65. The van der Waals surface area contributed by atoms with Crippen molar-refractivity contribution < 1.29 is 19.8 Å². The third-order valence-electron chi connectivity index (χ3n) is 2.65. The monoisotopic (exact) mass is 366 g/mol. The first-order valence-corrected chi connectivity index (χ1v) is 7.87. The van der Waals surface area contributed by atoms with Crippen molar-refractivity contribution in [1.82, 2.24) is 0 Å². The van der Waals surface area contributed by atoms with Crippen LogP contribution in [0.15, 0.2) is 99.1 Å². The van der Waals surface area contributed by atoms with Gasteiger partial charge in [-0.05, 0) is 18.1 Å². The Balaban J connectivity index is 0. The van der Waals surface area contributed by atoms with Crippen LogP contribution in [-0.2, 0) is 9.59 Å². The molecule has 0 fully saturated rings. The number of rotatable bonds is 4. The van der Waals surface area contributed by atoms with Gasteiger partial charge in [0.25, 0.3) is 0 Å². The van der Waals surface area contributed by atoms with Crippen LogP contribution in [0, 0.1) is 0 Å². The van der Waals surface area contributed by atoms with Crippen LogP contribution in [0.5, 0.6) is 0 Å². The van der Waals surface area contributed by atoms with Crippen molar-refractivity contribution in [1.29, 1.82) is 0 Å². The van der Waals surface area contributed by atoms with Crippen molar-refractivity contribution >= 4 is 23.6 Å². The fourth-order valence-corrected chi connectivity index (χ4v) is 1.31. The molecule has 2 N–H and O–H groups in total. The number of hydrogen-bond acceptors (Lipinski definition) is 2. The standard InChI is InChI=1S/C9H10.C8H8.2C3H4O2/c1-8(2)9-6-4-3-5-7-9;1-2-8-6-4-3-5-7-8;2*1-2-3(4)5/h3-7H,1H2,2H3;2-7H,1H2;2*2H,1H2,(H,4,5). The van der Waals surface area contributed by atoms with Crippen LogP contribution in [0.3, 0.4) is 0 Å². The Labute approximate surface area is 161 Å². The largest absolute Gasteiger partial charge is 0.478 e. The zero-order valence-corrected chi connectivity index (χ0v) is 15.5. The van der Waals surface area contributed by atoms with Crippen molar-refractivity contribution in [2.45, 2.75) is 6.92 Å². The van der Waals surface area contributed by atoms with Crippen LogP contribution in [0.2, 0.25) is 0 Å². The molecule has 0 spiro atoms. The van der Waals surface area contributed by atoms with Gasteiger partial charge in [-0.2, -0.15) is 0 Å². The lowest BCUT2D eigenvalue weighted by Gasteiger charge is -1.94. The molecule has 2 aromatic carbocycles. The molecule has 0 saturated carbocycles. The number of hydrogen-bond donors (Lipinski definition) is 2. The molecule has 0 bridgehead atoms. The third kappa shape index (κ3) is 18.5. The summed E-state index contributed by atoms with van der Waals surface area (Å²) in [5, 5.41) is 15.2. The van der Waals surface area contributed by atoms with E-state index in [0.29, 0.717) is 0 Å². The van der Waals surface area contributed by atoms with Crippen LogP contribution in [0.4, 0.5) is 0 Å². The summed E-state index contributed by atoms with van der Waals surface area (Å²) in [6.07, 6.45) is 3.50. The number of carbonyl (C=O) groups is 2. The summed E-state index contributed by atoms with van der Waals surface area (Å²) >= 11 is 0. The van der Waals surface area contributed by atoms with Crippen LogP contribution < -0.4 is 0 Å². The van der Waals surface area contributed by atoms with Gasteiger partial charge in [-0.25, -0.2) is 9.59 Å². The molecule has 0 aromatic heterocycles. The molecule has 0 unspecified atom stereocenters. The molecule has 0 aliphatic carbocycles. The van der Waals surface area contributed by atoms with Crippen molar-refractivity contribution in [3.8, 4) is 0 Å². The Morgan fingerprint density at radius 1 is 0.778 bits per heavy atom. The topological polar surface area (TPSA) is 74.6 Å². The zero-order valence-electron chi connectivity index (χ0n) is 15.5. The first kappa shape index (κ1) is 25.6. The first-order chi connectivity index (χ1) is 12.8. The minimum Gasteiger partial charge on any atom is -0.478 e. The molecule has 0 aliphatic rings. The highest BCUT2D eigenvalue weighted by Gasteiger charge is 1.86. The van der Waals surface area contributed by atoms with E-state index in [0.717, 1.165) is 17.7 Å². The average molecular weight is 366 g/mol. The highest BCUT2D eigenvalue weighted by atomic mass is 16.4. The Morgan fingerprint density at radius 3 is 1.30 bits per heavy atom. The molecule has 4 nitrogen and oxygen atoms in total. The second-order valence-corrected chi connectivity index (χ2v) is 4.85. The number of carboxylic acids is 2. The van der Waals surface area contributed by atoms with Gasteiger partial charge in [0.15, 0.2) is 0 Å². The molecule has 4 heteroatoms. The normalized spacial score (nSPS) is 7.89. The lowest BCUT2D eigenvalue weighted by atomic mass is 10.1. The molecule has 142 valence electrons. The molecule has 0 amide bonds. The van der Waals surface area contributed by atoms with E-state index in [2.05, 4.69) is 38.4 Å². The summed E-state index contributed by atoms with van der Waals surface area (Å²) < 4.78 is 0. The second-order valence-electron chi connectivity index (χ2n) is 4.85. The lowest BCUT2D eigenvalue weighted by molar-refractivity contribution is -0.132. The number of carboxylic acid groups (broad SMARTS) is 2. The Morgan fingerprint density at radius 2 is 1.11 bits per heavy atom. The van der Waals surface area contributed by atoms with E-state index in [1.165, 1.54) is 11.1 Å². The molecule has 0 aliphatic heterocycles. The van der Waals surface area contributed by atoms with E-state index in [-0.39, 0.29) is 0 Å². The van der Waals surface area contributed by atoms with Gasteiger partial charge < -0.3 is 10.2 Å². The highest BCUT2D eigenvalue weighted by Crippen LogP contribution is 2.08. The number of aliphatic carboxylic acids is 2. The summed E-state index contributed by atoms with van der Waals surface area (Å²) in [7, 11) is 0. The van der Waals surface area contributed by atoms with E-state index in [1.54, 1.807) is 0 Å². The van der Waals surface area contributed by atoms with Crippen LogP contribution in [0.1, 0.15) is 18.1 Å². The highest BCUT2D eigenvalue weighted by molar-refractivity contribution is 5.79. The molecule has 2 aromatic rings. The second kappa shape index (κ2) is 17.2. The van der Waals surface area contributed by atoms with E-state index in [9.17, 15) is 9.59 Å². The van der Waals surface area contributed by atoms with Gasteiger partial charge >= 0.3 is 11.9 Å². The maximum Gasteiger partial charge on any atom is 0.327 e. The Hall–Kier alpha value is -3.66. The molecule has 0 saturated heterocycles. The minimum atomic E-state index is -0.981. The summed E-state index contributed by atoms with van der Waals surface area (Å²) in [5.74, 6) is -1.96. The molecular formula is C23H26O4. The van der Waals surface area contributed by atoms with Crippen molar-refractivity contribution in [2.75, 3.05) is 0 Å². The first-order valence-electron chi connectivity index (χ1n) is 7.87. The number of benzene rings is 2. The van der Waals surface area contributed by atoms with Gasteiger partial charge in [0, 0.05) is 12.2 Å². The summed E-state index contributed by atoms with van der Waals surface area (Å²) in [6.45, 7) is 15.4. The van der Waals surface area contributed by atoms with Gasteiger partial charge in [0.1, 0.15) is 0 Å². The summed E-state index contributed by atoms with van der Waals surface area (Å²) in [5.41, 5.74) is 3.51. The van der Waals surface area contributed by atoms with Crippen LogP contribution in [0.25, 0.3) is 11.6 Å². The zero-order chi connectivity index (χ0) is 21.1. The van der Waals surface area contributed by atoms with Gasteiger partial charge in [0.05, 0.1) is 0 Å². The van der Waals surface area contributed by atoms with Crippen molar-refractivity contribution in [3.63, 3.8) is 0 Å². The molecular weight excluding hydrogens is 340 g/mol. The van der Waals surface area contributed by atoms with E-state index >= 15 is 0 Å². The van der Waals surface area contributed by atoms with Crippen LogP contribution in [-0.4, -0.2) is 22.2 Å². The maximum absolute atomic E-state index is 9.25. The van der Waals surface area contributed by atoms with Crippen LogP contribution >= 0.6 is 0 Å². The summed E-state index contributed by atoms with van der Waals surface area (Å²) in [6, 6.07) is 20.2. The SMILES string of the molecule is C=C(C)c1ccccc1.C=CC(=O)O.C=CC(=O)O.C=Cc1ccccc1. The smallest absolute Gasteiger partial charge is 0.327 e. The fourth-order valence-electron chi connectivity index (χ4n) is 1.31. The molecule has 27 heavy (non-hydrogen) atoms. The van der Waals surface area contributed by atoms with Gasteiger partial charge in [-0.3, -0.25) is 0 Å². The minimum absolute atomic E-state index is 0.833. The number of allylic oxidation sites excluding steroid dienone is 1. The molecule has 0 radical (unpaired) electrons. The maximum atomic E-state index is 9.25. The Bertz CT molecular complexity index is 699. The van der Waals surface area contributed by atoms with Gasteiger partial charge in [-0.15, -0.1) is 0 Å². The van der Waals surface area contributed by atoms with Gasteiger partial charge in [-0.1, -0.05) is 98.6 Å². The van der Waals surface area contributed by atoms with Gasteiger partial charge in [0.2, 0.25) is 0 Å². The van der Waals surface area contributed by atoms with E-state index < -0.39 is 11.9 Å². The quantitative estimate of drug-likeness (QED) is 0.694. The Kier molecular flexibility index (Phi) is 16.3. The van der Waals surface area contributed by atoms with E-state index in [4.69, 9.17) is 10.2 Å². The summed E-state index contributed by atoms with van der Waals surface area (Å²) in [4.78, 5) is 18.5. The molecule has 0 heterocycles. The lowest BCUT2D eigenvalue weighted by Crippen LogP contribution is -1.82. The molecule has 2 rings (SSSR count). The molecule has 0 atom stereocenters. The predicted octanol–water partition coefficient (Wildman–Crippen LogP) is 5.56. The van der Waals surface area contributed by atoms with Crippen molar-refractivity contribution in [2.24, 2.45) is 0 Å².